The molecule has 7 heteroatoms. The number of ketones is 1. The van der Waals surface area contributed by atoms with E-state index in [1.165, 1.54) is 7.11 Å². The maximum atomic E-state index is 14.3. The number of aromatic nitrogens is 1. The van der Waals surface area contributed by atoms with Gasteiger partial charge >= 0.3 is 0 Å². The van der Waals surface area contributed by atoms with Gasteiger partial charge in [0, 0.05) is 17.9 Å². The zero-order valence-corrected chi connectivity index (χ0v) is 28.2. The number of aliphatic hydroxyl groups excluding tert-OH is 1. The van der Waals surface area contributed by atoms with Gasteiger partial charge in [0.25, 0.3) is 0 Å². The standard InChI is InChI=1S/C41H46NO6/c1-26(2)17-35-32(12-14-37(44)41(35)48-4)23-34(21-29-15-16-42-25-29)39(46)24-38(45)33(20-28-10-13-36(43)40(22-28)47-3)19-27-9-11-30-7-5-6-8-31(30)18-27/h5-16,18,22,25-26,33-34,39,43-44,46H,17,19-21,23-24H2,1-4H3/q-1/t33-,34-,39-/m1/s1. The molecule has 0 fully saturated rings. The van der Waals surface area contributed by atoms with Crippen LogP contribution in [0, 0.1) is 17.8 Å². The fourth-order valence-corrected chi connectivity index (χ4v) is 6.70. The van der Waals surface area contributed by atoms with E-state index in [-0.39, 0.29) is 29.6 Å². The summed E-state index contributed by atoms with van der Waals surface area (Å²) in [6.45, 7) is 4.24. The van der Waals surface area contributed by atoms with Crippen molar-refractivity contribution in [2.24, 2.45) is 17.8 Å². The minimum atomic E-state index is -0.924. The lowest BCUT2D eigenvalue weighted by molar-refractivity contribution is -0.125. The van der Waals surface area contributed by atoms with Gasteiger partial charge < -0.3 is 29.8 Å². The second-order valence-corrected chi connectivity index (χ2v) is 13.2. The molecule has 1 aromatic heterocycles. The first-order valence-corrected chi connectivity index (χ1v) is 16.6. The number of hydrogen-bond donors (Lipinski definition) is 3. The molecule has 0 aliphatic carbocycles. The summed E-state index contributed by atoms with van der Waals surface area (Å²) in [5.74, 6) is 0.537. The molecule has 0 aliphatic heterocycles. The van der Waals surface area contributed by atoms with Crippen LogP contribution in [0.3, 0.4) is 0 Å². The molecule has 0 saturated carbocycles. The Balaban J connectivity index is 1.44. The Morgan fingerprint density at radius 2 is 1.46 bits per heavy atom. The number of nitrogens with zero attached hydrogens (tertiary/aromatic N) is 1. The van der Waals surface area contributed by atoms with Crippen molar-refractivity contribution in [1.82, 2.24) is 4.98 Å². The van der Waals surface area contributed by atoms with E-state index in [0.717, 1.165) is 38.6 Å². The number of benzene rings is 4. The molecule has 7 nitrogen and oxygen atoms in total. The third kappa shape index (κ3) is 8.58. The van der Waals surface area contributed by atoms with Crippen LogP contribution in [-0.4, -0.2) is 41.4 Å². The van der Waals surface area contributed by atoms with Gasteiger partial charge in [-0.2, -0.15) is 12.4 Å². The third-order valence-electron chi connectivity index (χ3n) is 9.18. The molecule has 0 amide bonds. The van der Waals surface area contributed by atoms with Gasteiger partial charge in [-0.1, -0.05) is 80.1 Å². The van der Waals surface area contributed by atoms with Gasteiger partial charge in [-0.3, -0.25) is 4.79 Å². The molecule has 1 heterocycles. The van der Waals surface area contributed by atoms with E-state index in [9.17, 15) is 20.1 Å². The quantitative estimate of drug-likeness (QED) is 0.103. The SMILES string of the molecule is COc1cc(C[C@@H](Cc2ccc3ccccc3c2)C(=O)C[C@@H](O)[C@H](Cc2cc[n-]c2)Cc2ccc(O)c(OC)c2CC(C)C)ccc1O. The first-order valence-electron chi connectivity index (χ1n) is 16.6. The lowest BCUT2D eigenvalue weighted by Crippen LogP contribution is -2.31. The Kier molecular flexibility index (Phi) is 11.5. The number of carbonyl (C=O) groups excluding carboxylic acids is 1. The minimum Gasteiger partial charge on any atom is -0.670 e. The number of phenolic OH excluding ortho intramolecular Hbond substituents is 2. The molecule has 0 saturated heterocycles. The molecule has 3 N–H and O–H groups in total. The average Bonchev–Trinajstić information content (AvgIpc) is 3.59. The monoisotopic (exact) mass is 648 g/mol. The number of aliphatic hydroxyl groups is 1. The average molecular weight is 649 g/mol. The lowest BCUT2D eigenvalue weighted by Gasteiger charge is -2.27. The highest BCUT2D eigenvalue weighted by Gasteiger charge is 2.29. The Hall–Kier alpha value is -4.75. The van der Waals surface area contributed by atoms with Crippen LogP contribution in [0.1, 0.15) is 48.1 Å². The van der Waals surface area contributed by atoms with Crippen molar-refractivity contribution < 1.29 is 29.6 Å². The highest BCUT2D eigenvalue weighted by Crippen LogP contribution is 2.36. The second-order valence-electron chi connectivity index (χ2n) is 13.2. The fraction of sp³-hybridized carbons (Fsp3) is 0.341. The second kappa shape index (κ2) is 15.9. The normalized spacial score (nSPS) is 13.4. The summed E-state index contributed by atoms with van der Waals surface area (Å²) in [5.41, 5.74) is 4.81. The van der Waals surface area contributed by atoms with Crippen LogP contribution < -0.4 is 14.5 Å². The summed E-state index contributed by atoms with van der Waals surface area (Å²) >= 11 is 0. The molecule has 0 bridgehead atoms. The lowest BCUT2D eigenvalue weighted by atomic mass is 9.81. The molecule has 5 aromatic rings. The number of ether oxygens (including phenoxy) is 2. The van der Waals surface area contributed by atoms with Gasteiger partial charge in [0.05, 0.1) is 20.3 Å². The molecular weight excluding hydrogens is 602 g/mol. The number of hydrogen-bond acceptors (Lipinski definition) is 6. The van der Waals surface area contributed by atoms with Crippen LogP contribution in [0.25, 0.3) is 10.8 Å². The summed E-state index contributed by atoms with van der Waals surface area (Å²) < 4.78 is 11.0. The van der Waals surface area contributed by atoms with E-state index in [1.807, 2.05) is 30.3 Å². The van der Waals surface area contributed by atoms with Crippen LogP contribution in [0.15, 0.2) is 91.3 Å². The predicted molar refractivity (Wildman–Crippen MR) is 189 cm³/mol. The van der Waals surface area contributed by atoms with Crippen molar-refractivity contribution >= 4 is 16.6 Å². The van der Waals surface area contributed by atoms with Gasteiger partial charge in [0.1, 0.15) is 5.78 Å². The van der Waals surface area contributed by atoms with Crippen molar-refractivity contribution in [1.29, 1.82) is 0 Å². The Bertz CT molecular complexity index is 1810. The number of methoxy groups -OCH3 is 2. The molecular formula is C41H46NO6-. The number of phenols is 2. The highest BCUT2D eigenvalue weighted by molar-refractivity contribution is 5.84. The van der Waals surface area contributed by atoms with E-state index in [0.29, 0.717) is 49.5 Å². The summed E-state index contributed by atoms with van der Waals surface area (Å²) in [6.07, 6.45) is 5.29. The van der Waals surface area contributed by atoms with E-state index < -0.39 is 12.0 Å². The topological polar surface area (TPSA) is 110 Å². The van der Waals surface area contributed by atoms with Crippen molar-refractivity contribution in [3.05, 3.63) is 119 Å². The number of fused-ring (bicyclic) bond motifs is 1. The Labute approximate surface area is 283 Å². The van der Waals surface area contributed by atoms with Gasteiger partial charge in [-0.25, -0.2) is 0 Å². The van der Waals surface area contributed by atoms with Crippen molar-refractivity contribution in [3.8, 4) is 23.0 Å². The van der Waals surface area contributed by atoms with Crippen LogP contribution in [0.5, 0.6) is 23.0 Å². The summed E-state index contributed by atoms with van der Waals surface area (Å²) in [5, 5.41) is 34.8. The van der Waals surface area contributed by atoms with Crippen molar-refractivity contribution in [3.63, 3.8) is 0 Å². The molecule has 3 atom stereocenters. The maximum Gasteiger partial charge on any atom is 0.163 e. The maximum absolute atomic E-state index is 14.3. The number of Topliss-reactive ketones (excluding diaryl/α,β-unsaturated/α-hetero) is 1. The van der Waals surface area contributed by atoms with Gasteiger partial charge in [-0.15, -0.1) is 0 Å². The molecule has 4 aromatic carbocycles. The van der Waals surface area contributed by atoms with Gasteiger partial charge in [0.2, 0.25) is 0 Å². The van der Waals surface area contributed by atoms with E-state index >= 15 is 0 Å². The third-order valence-corrected chi connectivity index (χ3v) is 9.18. The largest absolute Gasteiger partial charge is 0.670 e. The molecule has 0 radical (unpaired) electrons. The van der Waals surface area contributed by atoms with Crippen LogP contribution >= 0.6 is 0 Å². The smallest absolute Gasteiger partial charge is 0.163 e. The highest BCUT2D eigenvalue weighted by atomic mass is 16.5. The van der Waals surface area contributed by atoms with E-state index in [4.69, 9.17) is 9.47 Å². The van der Waals surface area contributed by atoms with Gasteiger partial charge in [-0.05, 0) is 89.6 Å². The summed E-state index contributed by atoms with van der Waals surface area (Å²) in [6, 6.07) is 25.1. The van der Waals surface area contributed by atoms with Crippen LogP contribution in [0.2, 0.25) is 0 Å². The molecule has 0 aliphatic rings. The first kappa shape index (κ1) is 34.6. The molecule has 0 spiro atoms. The Morgan fingerprint density at radius 3 is 2.15 bits per heavy atom. The summed E-state index contributed by atoms with van der Waals surface area (Å²) in [4.78, 5) is 18.5. The Morgan fingerprint density at radius 1 is 0.750 bits per heavy atom. The molecule has 252 valence electrons. The van der Waals surface area contributed by atoms with E-state index in [1.54, 1.807) is 37.7 Å². The zero-order valence-electron chi connectivity index (χ0n) is 28.2. The zero-order chi connectivity index (χ0) is 34.2. The predicted octanol–water partition coefficient (Wildman–Crippen LogP) is 7.25. The first-order chi connectivity index (χ1) is 23.1. The molecule has 5 rings (SSSR count). The van der Waals surface area contributed by atoms with Crippen molar-refractivity contribution in [2.75, 3.05) is 14.2 Å². The number of aromatic hydroxyl groups is 2. The van der Waals surface area contributed by atoms with Crippen molar-refractivity contribution in [2.45, 2.75) is 58.5 Å². The fourth-order valence-electron chi connectivity index (χ4n) is 6.70. The van der Waals surface area contributed by atoms with Crippen LogP contribution in [0.4, 0.5) is 0 Å². The minimum absolute atomic E-state index is 0.0129. The molecule has 48 heavy (non-hydrogen) atoms. The van der Waals surface area contributed by atoms with E-state index in [2.05, 4.69) is 49.2 Å². The number of rotatable bonds is 16. The van der Waals surface area contributed by atoms with Crippen LogP contribution in [-0.2, 0) is 36.9 Å². The number of carbonyl (C=O) groups is 1. The summed E-state index contributed by atoms with van der Waals surface area (Å²) in [7, 11) is 3.06. The van der Waals surface area contributed by atoms with Gasteiger partial charge in [0.15, 0.2) is 23.0 Å². The molecule has 0 unspecified atom stereocenters.